The highest BCUT2D eigenvalue weighted by Crippen LogP contribution is 2.16. The fourth-order valence-corrected chi connectivity index (χ4v) is 2.01. The first-order valence-electron chi connectivity index (χ1n) is 5.29. The van der Waals surface area contributed by atoms with Crippen LogP contribution in [0.2, 0.25) is 0 Å². The second-order valence-electron chi connectivity index (χ2n) is 4.15. The van der Waals surface area contributed by atoms with Crippen molar-refractivity contribution in [2.75, 3.05) is 13.6 Å². The molecule has 0 fully saturated rings. The Balaban J connectivity index is 2.52. The van der Waals surface area contributed by atoms with E-state index in [1.54, 1.807) is 6.92 Å². The van der Waals surface area contributed by atoms with Crippen molar-refractivity contribution in [3.63, 3.8) is 0 Å². The van der Waals surface area contributed by atoms with Crippen LogP contribution in [-0.2, 0) is 6.54 Å². The molecule has 1 atom stereocenters. The molecule has 0 aromatic heterocycles. The zero-order valence-electron chi connectivity index (χ0n) is 9.58. The summed E-state index contributed by atoms with van der Waals surface area (Å²) in [6.07, 6.45) is 0.439. The van der Waals surface area contributed by atoms with E-state index >= 15 is 0 Å². The lowest BCUT2D eigenvalue weighted by Gasteiger charge is -2.17. The molecular formula is C12H17BrFNO. The summed E-state index contributed by atoms with van der Waals surface area (Å²) in [5.74, 6) is -0.228. The molecule has 0 amide bonds. The summed E-state index contributed by atoms with van der Waals surface area (Å²) in [5, 5.41) is 9.16. The Bertz CT molecular complexity index is 324. The third kappa shape index (κ3) is 5.05. The predicted molar refractivity (Wildman–Crippen MR) is 66.7 cm³/mol. The number of hydrogen-bond acceptors (Lipinski definition) is 2. The number of nitrogens with zero attached hydrogens (tertiary/aromatic N) is 1. The van der Waals surface area contributed by atoms with Crippen molar-refractivity contribution in [3.05, 3.63) is 34.1 Å². The minimum Gasteiger partial charge on any atom is -0.393 e. The fraction of sp³-hybridized carbons (Fsp3) is 0.500. The van der Waals surface area contributed by atoms with Gasteiger partial charge in [-0.2, -0.15) is 0 Å². The Morgan fingerprint density at radius 3 is 2.69 bits per heavy atom. The van der Waals surface area contributed by atoms with E-state index in [0.29, 0.717) is 6.54 Å². The van der Waals surface area contributed by atoms with Crippen molar-refractivity contribution in [2.24, 2.45) is 0 Å². The summed E-state index contributed by atoms with van der Waals surface area (Å²) in [5.41, 5.74) is 0.931. The van der Waals surface area contributed by atoms with Crippen LogP contribution in [0.3, 0.4) is 0 Å². The molecule has 0 aliphatic carbocycles. The third-order valence-electron chi connectivity index (χ3n) is 2.30. The Labute approximate surface area is 104 Å². The highest BCUT2D eigenvalue weighted by molar-refractivity contribution is 9.10. The van der Waals surface area contributed by atoms with Crippen LogP contribution in [0.25, 0.3) is 0 Å². The van der Waals surface area contributed by atoms with Crippen molar-refractivity contribution < 1.29 is 9.50 Å². The van der Waals surface area contributed by atoms with Crippen molar-refractivity contribution >= 4 is 15.9 Å². The number of aliphatic hydroxyl groups is 1. The molecule has 90 valence electrons. The molecule has 2 nitrogen and oxygen atoms in total. The Morgan fingerprint density at radius 1 is 1.44 bits per heavy atom. The van der Waals surface area contributed by atoms with Crippen molar-refractivity contribution in [2.45, 2.75) is 26.0 Å². The zero-order chi connectivity index (χ0) is 12.1. The maximum absolute atomic E-state index is 13.1. The van der Waals surface area contributed by atoms with Crippen LogP contribution in [0.4, 0.5) is 4.39 Å². The van der Waals surface area contributed by atoms with Gasteiger partial charge in [0.15, 0.2) is 0 Å². The van der Waals surface area contributed by atoms with Gasteiger partial charge in [0.05, 0.1) is 6.10 Å². The van der Waals surface area contributed by atoms with Crippen LogP contribution in [-0.4, -0.2) is 29.7 Å². The summed E-state index contributed by atoms with van der Waals surface area (Å²) < 4.78 is 13.9. The van der Waals surface area contributed by atoms with Gasteiger partial charge in [0.25, 0.3) is 0 Å². The van der Waals surface area contributed by atoms with Crippen LogP contribution >= 0.6 is 15.9 Å². The lowest BCUT2D eigenvalue weighted by Crippen LogP contribution is -2.22. The maximum atomic E-state index is 13.1. The van der Waals surface area contributed by atoms with Crippen molar-refractivity contribution in [1.29, 1.82) is 0 Å². The Kier molecular flexibility index (Phi) is 5.38. The monoisotopic (exact) mass is 289 g/mol. The molecule has 16 heavy (non-hydrogen) atoms. The van der Waals surface area contributed by atoms with Gasteiger partial charge in [0.2, 0.25) is 0 Å². The smallest absolute Gasteiger partial charge is 0.124 e. The van der Waals surface area contributed by atoms with E-state index in [9.17, 15) is 4.39 Å². The number of hydrogen-bond donors (Lipinski definition) is 1. The van der Waals surface area contributed by atoms with Crippen LogP contribution < -0.4 is 0 Å². The minimum atomic E-state index is -0.290. The molecule has 0 aliphatic heterocycles. The lowest BCUT2D eigenvalue weighted by molar-refractivity contribution is 0.163. The van der Waals surface area contributed by atoms with Gasteiger partial charge < -0.3 is 10.0 Å². The lowest BCUT2D eigenvalue weighted by atomic mass is 10.2. The molecule has 1 aromatic carbocycles. The van der Waals surface area contributed by atoms with Gasteiger partial charge in [0.1, 0.15) is 5.82 Å². The number of aliphatic hydroxyl groups excluding tert-OH is 1. The van der Waals surface area contributed by atoms with Crippen LogP contribution in [0, 0.1) is 5.82 Å². The Morgan fingerprint density at radius 2 is 2.12 bits per heavy atom. The molecule has 0 aliphatic rings. The number of halogens is 2. The average Bonchev–Trinajstić information content (AvgIpc) is 2.12. The number of rotatable bonds is 5. The van der Waals surface area contributed by atoms with Gasteiger partial charge in [-0.05, 0) is 44.2 Å². The first kappa shape index (κ1) is 13.6. The molecule has 0 saturated heterocycles. The maximum Gasteiger partial charge on any atom is 0.124 e. The van der Waals surface area contributed by atoms with Crippen LogP contribution in [0.1, 0.15) is 18.9 Å². The first-order valence-corrected chi connectivity index (χ1v) is 6.08. The molecule has 0 saturated carbocycles. The van der Waals surface area contributed by atoms with E-state index < -0.39 is 0 Å². The summed E-state index contributed by atoms with van der Waals surface area (Å²) in [6, 6.07) is 4.88. The molecule has 4 heteroatoms. The van der Waals surface area contributed by atoms with Gasteiger partial charge in [-0.15, -0.1) is 0 Å². The summed E-state index contributed by atoms with van der Waals surface area (Å²) in [7, 11) is 1.96. The Hall–Kier alpha value is -0.450. The normalized spacial score (nSPS) is 13.1. The van der Waals surface area contributed by atoms with Gasteiger partial charge in [0, 0.05) is 17.6 Å². The molecule has 0 radical (unpaired) electrons. The molecule has 0 bridgehead atoms. The molecule has 1 aromatic rings. The molecule has 1 N–H and O–H groups in total. The summed E-state index contributed by atoms with van der Waals surface area (Å²) >= 11 is 3.27. The average molecular weight is 290 g/mol. The summed E-state index contributed by atoms with van der Waals surface area (Å²) in [4.78, 5) is 2.06. The van der Waals surface area contributed by atoms with Crippen molar-refractivity contribution in [1.82, 2.24) is 4.90 Å². The van der Waals surface area contributed by atoms with E-state index in [4.69, 9.17) is 5.11 Å². The van der Waals surface area contributed by atoms with E-state index in [2.05, 4.69) is 20.8 Å². The topological polar surface area (TPSA) is 23.5 Å². The van der Waals surface area contributed by atoms with E-state index in [-0.39, 0.29) is 11.9 Å². The van der Waals surface area contributed by atoms with Gasteiger partial charge in [-0.25, -0.2) is 4.39 Å². The van der Waals surface area contributed by atoms with Gasteiger partial charge >= 0.3 is 0 Å². The predicted octanol–water partition coefficient (Wildman–Crippen LogP) is 2.79. The summed E-state index contributed by atoms with van der Waals surface area (Å²) in [6.45, 7) is 3.25. The third-order valence-corrected chi connectivity index (χ3v) is 2.76. The first-order chi connectivity index (χ1) is 7.47. The minimum absolute atomic E-state index is 0.228. The highest BCUT2D eigenvalue weighted by atomic mass is 79.9. The van der Waals surface area contributed by atoms with E-state index in [1.165, 1.54) is 12.1 Å². The second-order valence-corrected chi connectivity index (χ2v) is 5.07. The van der Waals surface area contributed by atoms with Crippen LogP contribution in [0.15, 0.2) is 22.7 Å². The van der Waals surface area contributed by atoms with Gasteiger partial charge in [-0.1, -0.05) is 15.9 Å². The van der Waals surface area contributed by atoms with Crippen LogP contribution in [0.5, 0.6) is 0 Å². The van der Waals surface area contributed by atoms with Gasteiger partial charge in [-0.3, -0.25) is 0 Å². The number of benzene rings is 1. The SMILES string of the molecule is CC(O)CCN(C)Cc1cc(F)cc(Br)c1. The molecular weight excluding hydrogens is 273 g/mol. The molecule has 0 spiro atoms. The zero-order valence-corrected chi connectivity index (χ0v) is 11.2. The van der Waals surface area contributed by atoms with E-state index in [1.807, 2.05) is 13.1 Å². The standard InChI is InChI=1S/C12H17BrFNO/c1-9(16)3-4-15(2)8-10-5-11(13)7-12(14)6-10/h5-7,9,16H,3-4,8H2,1-2H3. The molecule has 1 rings (SSSR count). The fourth-order valence-electron chi connectivity index (χ4n) is 1.50. The largest absolute Gasteiger partial charge is 0.393 e. The molecule has 0 heterocycles. The second kappa shape index (κ2) is 6.33. The quantitative estimate of drug-likeness (QED) is 0.901. The highest BCUT2D eigenvalue weighted by Gasteiger charge is 2.04. The van der Waals surface area contributed by atoms with Crippen molar-refractivity contribution in [3.8, 4) is 0 Å². The van der Waals surface area contributed by atoms with E-state index in [0.717, 1.165) is 23.0 Å². The molecule has 1 unspecified atom stereocenters.